The summed E-state index contributed by atoms with van der Waals surface area (Å²) >= 11 is 0. The summed E-state index contributed by atoms with van der Waals surface area (Å²) in [6, 6.07) is 13.1. The van der Waals surface area contributed by atoms with Crippen LogP contribution in [0.1, 0.15) is 19.8 Å². The summed E-state index contributed by atoms with van der Waals surface area (Å²) in [6.07, 6.45) is 1.58. The lowest BCUT2D eigenvalue weighted by Gasteiger charge is -2.42. The number of piperidine rings is 1. The van der Waals surface area contributed by atoms with Gasteiger partial charge in [0.15, 0.2) is 11.6 Å². The van der Waals surface area contributed by atoms with Crippen molar-refractivity contribution in [2.75, 3.05) is 26.3 Å². The number of likely N-dealkylation sites (tertiary alicyclic amines) is 1. The second kappa shape index (κ2) is 8.38. The van der Waals surface area contributed by atoms with Crippen molar-refractivity contribution in [1.82, 2.24) is 20.2 Å². The minimum Gasteiger partial charge on any atom is -0.490 e. The highest BCUT2D eigenvalue weighted by atomic mass is 16.5. The number of carbonyl (C=O) groups is 1. The maximum atomic E-state index is 12.7. The first-order chi connectivity index (χ1) is 17.0. The SMILES string of the molecule is CC1(C(=O)N2CCC(Oc3cccc(-c4onc5ccc(-c6noc(=O)[nH]6)cc45)c3)CC2)COC1. The van der Waals surface area contributed by atoms with Gasteiger partial charge >= 0.3 is 5.76 Å². The van der Waals surface area contributed by atoms with Gasteiger partial charge in [-0.25, -0.2) is 4.79 Å². The molecule has 0 aliphatic carbocycles. The number of amides is 1. The highest BCUT2D eigenvalue weighted by Crippen LogP contribution is 2.34. The van der Waals surface area contributed by atoms with Crippen LogP contribution < -0.4 is 10.5 Å². The Morgan fingerprint density at radius 2 is 1.91 bits per heavy atom. The van der Waals surface area contributed by atoms with E-state index in [2.05, 4.69) is 19.8 Å². The predicted octanol–water partition coefficient (Wildman–Crippen LogP) is 3.24. The molecule has 0 saturated carbocycles. The Kier molecular flexibility index (Phi) is 5.18. The number of H-pyrrole nitrogens is 1. The quantitative estimate of drug-likeness (QED) is 0.466. The van der Waals surface area contributed by atoms with Gasteiger partial charge in [0.2, 0.25) is 5.91 Å². The summed E-state index contributed by atoms with van der Waals surface area (Å²) in [5, 5.41) is 8.69. The molecule has 35 heavy (non-hydrogen) atoms. The lowest BCUT2D eigenvalue weighted by Crippen LogP contribution is -2.55. The summed E-state index contributed by atoms with van der Waals surface area (Å²) in [4.78, 5) is 28.5. The molecule has 4 heterocycles. The van der Waals surface area contributed by atoms with Gasteiger partial charge in [0.1, 0.15) is 17.4 Å². The fourth-order valence-corrected chi connectivity index (χ4v) is 4.64. The van der Waals surface area contributed by atoms with E-state index in [9.17, 15) is 9.59 Å². The Hall–Kier alpha value is -3.92. The van der Waals surface area contributed by atoms with Crippen LogP contribution in [0.25, 0.3) is 33.6 Å². The molecule has 2 aliphatic rings. The zero-order valence-electron chi connectivity index (χ0n) is 19.2. The first kappa shape index (κ1) is 21.6. The first-order valence-corrected chi connectivity index (χ1v) is 11.6. The molecule has 0 unspecified atom stereocenters. The van der Waals surface area contributed by atoms with Gasteiger partial charge in [0, 0.05) is 37.1 Å². The summed E-state index contributed by atoms with van der Waals surface area (Å²) in [5.41, 5.74) is 1.82. The van der Waals surface area contributed by atoms with Crippen LogP contribution in [0.3, 0.4) is 0 Å². The Morgan fingerprint density at radius 3 is 2.63 bits per heavy atom. The number of carbonyl (C=O) groups excluding carboxylic acids is 1. The first-order valence-electron chi connectivity index (χ1n) is 11.6. The summed E-state index contributed by atoms with van der Waals surface area (Å²) in [6.45, 7) is 4.33. The van der Waals surface area contributed by atoms with E-state index in [-0.39, 0.29) is 17.4 Å². The standard InChI is InChI=1S/C25H24N4O6/c1-25(13-32-14-25)23(30)29-9-7-17(8-10-29)33-18-4-2-3-15(11-18)21-19-12-16(5-6-20(19)27-34-21)22-26-24(31)35-28-22/h2-6,11-12,17H,7-10,13-14H2,1H3,(H,26,28,31). The molecule has 10 nitrogen and oxygen atoms in total. The van der Waals surface area contributed by atoms with Crippen LogP contribution in [0, 0.1) is 5.41 Å². The van der Waals surface area contributed by atoms with Crippen molar-refractivity contribution in [3.8, 4) is 28.5 Å². The van der Waals surface area contributed by atoms with Gasteiger partial charge in [-0.15, -0.1) is 0 Å². The maximum Gasteiger partial charge on any atom is 0.439 e. The maximum absolute atomic E-state index is 12.7. The number of aromatic amines is 1. The predicted molar refractivity (Wildman–Crippen MR) is 125 cm³/mol. The average molecular weight is 476 g/mol. The van der Waals surface area contributed by atoms with Crippen molar-refractivity contribution < 1.29 is 23.3 Å². The molecule has 4 aromatic rings. The molecule has 0 atom stereocenters. The van der Waals surface area contributed by atoms with Crippen LogP contribution >= 0.6 is 0 Å². The number of ether oxygens (including phenoxy) is 2. The zero-order chi connectivity index (χ0) is 24.0. The third-order valence-corrected chi connectivity index (χ3v) is 6.68. The Bertz CT molecular complexity index is 1440. The molecule has 180 valence electrons. The Balaban J connectivity index is 1.18. The molecule has 10 heteroatoms. The van der Waals surface area contributed by atoms with Crippen molar-refractivity contribution in [1.29, 1.82) is 0 Å². The normalized spacial score (nSPS) is 17.9. The third-order valence-electron chi connectivity index (χ3n) is 6.68. The lowest BCUT2D eigenvalue weighted by molar-refractivity contribution is -0.170. The number of aromatic nitrogens is 3. The van der Waals surface area contributed by atoms with Crippen LogP contribution in [-0.2, 0) is 9.53 Å². The monoisotopic (exact) mass is 476 g/mol. The molecule has 2 saturated heterocycles. The Labute approximate surface area is 199 Å². The number of nitrogens with one attached hydrogen (secondary N) is 1. The van der Waals surface area contributed by atoms with E-state index in [0.717, 1.165) is 29.5 Å². The van der Waals surface area contributed by atoms with Crippen molar-refractivity contribution in [2.24, 2.45) is 5.41 Å². The second-order valence-electron chi connectivity index (χ2n) is 9.38. The van der Waals surface area contributed by atoms with Gasteiger partial charge in [0.05, 0.1) is 24.0 Å². The second-order valence-corrected chi connectivity index (χ2v) is 9.38. The van der Waals surface area contributed by atoms with Gasteiger partial charge in [-0.2, -0.15) is 0 Å². The van der Waals surface area contributed by atoms with Crippen molar-refractivity contribution >= 4 is 16.8 Å². The lowest BCUT2D eigenvalue weighted by atomic mass is 9.86. The summed E-state index contributed by atoms with van der Waals surface area (Å²) < 4.78 is 21.8. The molecule has 2 aromatic carbocycles. The molecule has 0 spiro atoms. The van der Waals surface area contributed by atoms with Gasteiger partial charge in [0.25, 0.3) is 0 Å². The van der Waals surface area contributed by atoms with Crippen LogP contribution in [0.2, 0.25) is 0 Å². The number of hydrogen-bond acceptors (Lipinski definition) is 8. The minimum absolute atomic E-state index is 0.0295. The van der Waals surface area contributed by atoms with E-state index in [0.29, 0.717) is 49.0 Å². The van der Waals surface area contributed by atoms with E-state index in [1.807, 2.05) is 42.2 Å². The van der Waals surface area contributed by atoms with E-state index < -0.39 is 5.76 Å². The molecule has 1 amide bonds. The molecule has 0 radical (unpaired) electrons. The van der Waals surface area contributed by atoms with E-state index >= 15 is 0 Å². The third kappa shape index (κ3) is 3.99. The molecule has 1 N–H and O–H groups in total. The number of fused-ring (bicyclic) bond motifs is 1. The van der Waals surface area contributed by atoms with E-state index in [1.54, 1.807) is 12.1 Å². The molecule has 2 fully saturated rings. The van der Waals surface area contributed by atoms with Gasteiger partial charge < -0.3 is 18.9 Å². The van der Waals surface area contributed by atoms with Gasteiger partial charge in [-0.1, -0.05) is 22.4 Å². The van der Waals surface area contributed by atoms with Crippen molar-refractivity contribution in [3.63, 3.8) is 0 Å². The summed E-state index contributed by atoms with van der Waals surface area (Å²) in [7, 11) is 0. The molecule has 2 aliphatic heterocycles. The van der Waals surface area contributed by atoms with E-state index in [4.69, 9.17) is 14.0 Å². The number of rotatable bonds is 5. The summed E-state index contributed by atoms with van der Waals surface area (Å²) in [5.74, 6) is 1.22. The fourth-order valence-electron chi connectivity index (χ4n) is 4.64. The Morgan fingerprint density at radius 1 is 1.09 bits per heavy atom. The molecule has 6 rings (SSSR count). The molecular formula is C25H24N4O6. The highest BCUT2D eigenvalue weighted by molar-refractivity contribution is 5.94. The molecule has 0 bridgehead atoms. The topological polar surface area (TPSA) is 124 Å². The smallest absolute Gasteiger partial charge is 0.439 e. The minimum atomic E-state index is -0.614. The molecule has 2 aromatic heterocycles. The fraction of sp³-hybridized carbons (Fsp3) is 0.360. The van der Waals surface area contributed by atoms with Crippen LogP contribution in [0.4, 0.5) is 0 Å². The van der Waals surface area contributed by atoms with Crippen molar-refractivity contribution in [3.05, 3.63) is 53.0 Å². The molecular weight excluding hydrogens is 452 g/mol. The highest BCUT2D eigenvalue weighted by Gasteiger charge is 2.44. The van der Waals surface area contributed by atoms with Crippen LogP contribution in [0.5, 0.6) is 5.75 Å². The van der Waals surface area contributed by atoms with Crippen LogP contribution in [0.15, 0.2) is 56.3 Å². The zero-order valence-corrected chi connectivity index (χ0v) is 19.2. The van der Waals surface area contributed by atoms with Crippen LogP contribution in [-0.4, -0.2) is 58.5 Å². The number of nitrogens with zero attached hydrogens (tertiary/aromatic N) is 3. The number of hydrogen-bond donors (Lipinski definition) is 1. The van der Waals surface area contributed by atoms with Crippen molar-refractivity contribution in [2.45, 2.75) is 25.9 Å². The average Bonchev–Trinajstić information content (AvgIpc) is 3.48. The van der Waals surface area contributed by atoms with Gasteiger partial charge in [-0.3, -0.25) is 14.3 Å². The van der Waals surface area contributed by atoms with Gasteiger partial charge in [-0.05, 0) is 37.3 Å². The number of benzene rings is 2. The van der Waals surface area contributed by atoms with E-state index in [1.165, 1.54) is 0 Å². The largest absolute Gasteiger partial charge is 0.490 e.